The summed E-state index contributed by atoms with van der Waals surface area (Å²) in [5.41, 5.74) is 2.15. The lowest BCUT2D eigenvalue weighted by molar-refractivity contribution is -0.141. The number of carbonyl (C=O) groups is 2. The van der Waals surface area contributed by atoms with E-state index in [0.29, 0.717) is 32.4 Å². The minimum absolute atomic E-state index is 0.0408. The summed E-state index contributed by atoms with van der Waals surface area (Å²) in [6, 6.07) is 15.0. The normalized spacial score (nSPS) is 12.5. The first-order valence-corrected chi connectivity index (χ1v) is 11.8. The van der Waals surface area contributed by atoms with Gasteiger partial charge >= 0.3 is 0 Å². The van der Waals surface area contributed by atoms with Crippen molar-refractivity contribution in [2.24, 2.45) is 0 Å². The van der Waals surface area contributed by atoms with Gasteiger partial charge in [0.05, 0.1) is 13.7 Å². The zero-order chi connectivity index (χ0) is 24.2. The summed E-state index contributed by atoms with van der Waals surface area (Å²) in [4.78, 5) is 28.0. The molecule has 0 aliphatic rings. The van der Waals surface area contributed by atoms with Crippen LogP contribution in [0.1, 0.15) is 57.6 Å². The highest BCUT2D eigenvalue weighted by Crippen LogP contribution is 2.18. The molecule has 0 fully saturated rings. The highest BCUT2D eigenvalue weighted by atomic mass is 16.5. The van der Waals surface area contributed by atoms with E-state index < -0.39 is 6.04 Å². The van der Waals surface area contributed by atoms with Gasteiger partial charge in [-0.3, -0.25) is 9.59 Å². The van der Waals surface area contributed by atoms with E-state index in [-0.39, 0.29) is 17.9 Å². The Morgan fingerprint density at radius 3 is 2.33 bits per heavy atom. The van der Waals surface area contributed by atoms with Crippen molar-refractivity contribution in [3.05, 3.63) is 59.7 Å². The average molecular weight is 455 g/mol. The second-order valence-electron chi connectivity index (χ2n) is 8.38. The lowest BCUT2D eigenvalue weighted by Crippen LogP contribution is -2.50. The van der Waals surface area contributed by atoms with Crippen molar-refractivity contribution in [3.63, 3.8) is 0 Å². The molecule has 2 aromatic carbocycles. The zero-order valence-electron chi connectivity index (χ0n) is 20.6. The fourth-order valence-electron chi connectivity index (χ4n) is 3.60. The predicted octanol–water partition coefficient (Wildman–Crippen LogP) is 4.88. The largest absolute Gasteiger partial charge is 0.497 e. The molecule has 6 nitrogen and oxygen atoms in total. The van der Waals surface area contributed by atoms with E-state index in [1.165, 1.54) is 0 Å². The van der Waals surface area contributed by atoms with Gasteiger partial charge in [-0.05, 0) is 62.9 Å². The molecule has 6 heteroatoms. The third-order valence-corrected chi connectivity index (χ3v) is 5.69. The highest BCUT2D eigenvalue weighted by molar-refractivity contribution is 5.87. The zero-order valence-corrected chi connectivity index (χ0v) is 20.6. The topological polar surface area (TPSA) is 67.9 Å². The van der Waals surface area contributed by atoms with Crippen molar-refractivity contribution in [3.8, 4) is 11.5 Å². The molecule has 2 rings (SSSR count). The fraction of sp³-hybridized carbons (Fsp3) is 0.481. The van der Waals surface area contributed by atoms with Crippen molar-refractivity contribution in [1.29, 1.82) is 0 Å². The van der Waals surface area contributed by atoms with Crippen LogP contribution in [0.2, 0.25) is 0 Å². The van der Waals surface area contributed by atoms with Crippen LogP contribution in [0.3, 0.4) is 0 Å². The van der Waals surface area contributed by atoms with Crippen molar-refractivity contribution in [1.82, 2.24) is 10.2 Å². The first-order chi connectivity index (χ1) is 15.9. The van der Waals surface area contributed by atoms with Gasteiger partial charge in [-0.1, -0.05) is 43.7 Å². The van der Waals surface area contributed by atoms with E-state index in [2.05, 4.69) is 11.4 Å². The number of aryl methyl sites for hydroxylation is 1. The van der Waals surface area contributed by atoms with E-state index in [1.54, 1.807) is 12.0 Å². The van der Waals surface area contributed by atoms with E-state index in [0.717, 1.165) is 29.0 Å². The number of rotatable bonds is 13. The molecule has 0 aromatic heterocycles. The number of ether oxygens (including phenoxy) is 2. The van der Waals surface area contributed by atoms with Crippen molar-refractivity contribution in [2.75, 3.05) is 13.7 Å². The maximum absolute atomic E-state index is 13.3. The van der Waals surface area contributed by atoms with Crippen LogP contribution < -0.4 is 14.8 Å². The molecule has 2 atom stereocenters. The van der Waals surface area contributed by atoms with E-state index in [1.807, 2.05) is 70.2 Å². The van der Waals surface area contributed by atoms with Gasteiger partial charge in [0, 0.05) is 19.0 Å². The summed E-state index contributed by atoms with van der Waals surface area (Å²) >= 11 is 0. The second kappa shape index (κ2) is 13.5. The number of carbonyl (C=O) groups excluding carboxylic acids is 2. The van der Waals surface area contributed by atoms with Crippen LogP contribution in [0.15, 0.2) is 48.5 Å². The minimum Gasteiger partial charge on any atom is -0.497 e. The van der Waals surface area contributed by atoms with Crippen molar-refractivity contribution < 1.29 is 19.1 Å². The van der Waals surface area contributed by atoms with E-state index >= 15 is 0 Å². The Morgan fingerprint density at radius 1 is 1.03 bits per heavy atom. The maximum Gasteiger partial charge on any atom is 0.243 e. The number of methoxy groups -OCH3 is 1. The molecule has 2 amide bonds. The molecule has 0 spiro atoms. The molecular weight excluding hydrogens is 416 g/mol. The molecule has 0 saturated carbocycles. The number of nitrogens with one attached hydrogen (secondary N) is 1. The fourth-order valence-corrected chi connectivity index (χ4v) is 3.60. The smallest absolute Gasteiger partial charge is 0.243 e. The van der Waals surface area contributed by atoms with Gasteiger partial charge < -0.3 is 19.7 Å². The Hall–Kier alpha value is -3.02. The van der Waals surface area contributed by atoms with Gasteiger partial charge in [-0.25, -0.2) is 0 Å². The van der Waals surface area contributed by atoms with Crippen LogP contribution >= 0.6 is 0 Å². The Bertz CT molecular complexity index is 882. The summed E-state index contributed by atoms with van der Waals surface area (Å²) in [5.74, 6) is 1.37. The molecule has 1 N–H and O–H groups in total. The standard InChI is InChI=1S/C27H38N2O4/c1-6-21(4)28-27(31)25(7-2)29(19-22-11-8-10-20(3)18-22)26(30)12-9-17-33-24-15-13-23(32-5)14-16-24/h8,10-11,13-16,18,21,25H,6-7,9,12,17,19H2,1-5H3,(H,28,31)/t21-,25+/m1/s1. The number of amides is 2. The quantitative estimate of drug-likeness (QED) is 0.438. The Kier molecular flexibility index (Phi) is 10.7. The Balaban J connectivity index is 2.05. The number of hydrogen-bond donors (Lipinski definition) is 1. The lowest BCUT2D eigenvalue weighted by Gasteiger charge is -2.31. The predicted molar refractivity (Wildman–Crippen MR) is 131 cm³/mol. The third kappa shape index (κ3) is 8.44. The number of benzene rings is 2. The number of hydrogen-bond acceptors (Lipinski definition) is 4. The van der Waals surface area contributed by atoms with E-state index in [4.69, 9.17) is 9.47 Å². The average Bonchev–Trinajstić information content (AvgIpc) is 2.81. The molecule has 0 bridgehead atoms. The van der Waals surface area contributed by atoms with Gasteiger partial charge in [-0.15, -0.1) is 0 Å². The Morgan fingerprint density at radius 2 is 1.73 bits per heavy atom. The van der Waals surface area contributed by atoms with Crippen LogP contribution in [0.25, 0.3) is 0 Å². The molecule has 0 unspecified atom stereocenters. The highest BCUT2D eigenvalue weighted by Gasteiger charge is 2.28. The van der Waals surface area contributed by atoms with E-state index in [9.17, 15) is 9.59 Å². The van der Waals surface area contributed by atoms with Crippen molar-refractivity contribution >= 4 is 11.8 Å². The molecule has 0 radical (unpaired) electrons. The summed E-state index contributed by atoms with van der Waals surface area (Å²) in [7, 11) is 1.62. The van der Waals surface area contributed by atoms with Gasteiger partial charge in [0.25, 0.3) is 0 Å². The molecule has 180 valence electrons. The van der Waals surface area contributed by atoms with Crippen LogP contribution in [0.4, 0.5) is 0 Å². The third-order valence-electron chi connectivity index (χ3n) is 5.69. The van der Waals surface area contributed by atoms with Crippen LogP contribution in [0, 0.1) is 6.92 Å². The summed E-state index contributed by atoms with van der Waals surface area (Å²) < 4.78 is 10.9. The van der Waals surface area contributed by atoms with Crippen LogP contribution in [-0.4, -0.2) is 42.5 Å². The molecular formula is C27H38N2O4. The maximum atomic E-state index is 13.3. The van der Waals surface area contributed by atoms with Gasteiger partial charge in [0.2, 0.25) is 11.8 Å². The molecule has 0 heterocycles. The number of nitrogens with zero attached hydrogens (tertiary/aromatic N) is 1. The Labute approximate surface area is 198 Å². The SMILES string of the molecule is CC[C@@H](C)NC(=O)[C@H](CC)N(Cc1cccc(C)c1)C(=O)CCCOc1ccc(OC)cc1. The molecule has 0 aliphatic carbocycles. The summed E-state index contributed by atoms with van der Waals surface area (Å²) in [6.45, 7) is 8.82. The molecule has 2 aromatic rings. The first kappa shape index (κ1) is 26.2. The van der Waals surface area contributed by atoms with Gasteiger partial charge in [0.1, 0.15) is 17.5 Å². The monoisotopic (exact) mass is 454 g/mol. The summed E-state index contributed by atoms with van der Waals surface area (Å²) in [6.07, 6.45) is 2.28. The summed E-state index contributed by atoms with van der Waals surface area (Å²) in [5, 5.41) is 3.04. The van der Waals surface area contributed by atoms with Crippen LogP contribution in [-0.2, 0) is 16.1 Å². The molecule has 33 heavy (non-hydrogen) atoms. The first-order valence-electron chi connectivity index (χ1n) is 11.8. The molecule has 0 saturated heterocycles. The van der Waals surface area contributed by atoms with Gasteiger partial charge in [-0.2, -0.15) is 0 Å². The van der Waals surface area contributed by atoms with Gasteiger partial charge in [0.15, 0.2) is 0 Å². The minimum atomic E-state index is -0.505. The second-order valence-corrected chi connectivity index (χ2v) is 8.38. The van der Waals surface area contributed by atoms with Crippen LogP contribution in [0.5, 0.6) is 11.5 Å². The lowest BCUT2D eigenvalue weighted by atomic mass is 10.1. The molecule has 0 aliphatic heterocycles. The van der Waals surface area contributed by atoms with Crippen molar-refractivity contribution in [2.45, 2.75) is 72.0 Å².